The lowest BCUT2D eigenvalue weighted by Gasteiger charge is -2.08. The smallest absolute Gasteiger partial charge is 0.335 e. The fourth-order valence-corrected chi connectivity index (χ4v) is 3.54. The molecule has 0 bridgehead atoms. The number of sulfonamides is 1. The fraction of sp³-hybridized carbons (Fsp3) is 0.133. The summed E-state index contributed by atoms with van der Waals surface area (Å²) in [7, 11) is -7.20. The summed E-state index contributed by atoms with van der Waals surface area (Å²) in [6.45, 7) is -0.0178. The van der Waals surface area contributed by atoms with Crippen molar-refractivity contribution in [3.05, 3.63) is 59.7 Å². The fourth-order valence-electron chi connectivity index (χ4n) is 1.89. The van der Waals surface area contributed by atoms with E-state index in [2.05, 4.69) is 4.72 Å². The summed E-state index contributed by atoms with van der Waals surface area (Å²) in [5.41, 5.74) is 0.703. The zero-order valence-electron chi connectivity index (χ0n) is 12.6. The molecule has 0 aliphatic carbocycles. The second-order valence-corrected chi connectivity index (χ2v) is 8.85. The molecule has 0 saturated heterocycles. The van der Waals surface area contributed by atoms with Gasteiger partial charge in [0.1, 0.15) is 0 Å². The molecular weight excluding hydrogens is 354 g/mol. The molecule has 0 heterocycles. The molecule has 128 valence electrons. The number of sulfone groups is 1. The Bertz CT molecular complexity index is 946. The Hall–Kier alpha value is -2.23. The molecule has 0 fully saturated rings. The molecule has 0 spiro atoms. The predicted molar refractivity (Wildman–Crippen MR) is 87.0 cm³/mol. The molecule has 2 rings (SSSR count). The Morgan fingerprint density at radius 1 is 0.917 bits per heavy atom. The molecule has 0 aliphatic heterocycles. The van der Waals surface area contributed by atoms with Crippen LogP contribution >= 0.6 is 0 Å². The molecule has 0 saturated carbocycles. The first-order valence-electron chi connectivity index (χ1n) is 6.71. The average molecular weight is 369 g/mol. The van der Waals surface area contributed by atoms with E-state index in [0.29, 0.717) is 5.56 Å². The van der Waals surface area contributed by atoms with E-state index in [4.69, 9.17) is 5.11 Å². The van der Waals surface area contributed by atoms with Crippen LogP contribution in [-0.2, 0) is 26.4 Å². The Kier molecular flexibility index (Phi) is 5.07. The topological polar surface area (TPSA) is 118 Å². The van der Waals surface area contributed by atoms with Crippen molar-refractivity contribution in [2.75, 3.05) is 6.26 Å². The summed E-state index contributed by atoms with van der Waals surface area (Å²) in [5, 5.41) is 8.81. The van der Waals surface area contributed by atoms with Crippen molar-refractivity contribution in [2.24, 2.45) is 0 Å². The third-order valence-electron chi connectivity index (χ3n) is 3.23. The first kappa shape index (κ1) is 18.1. The second kappa shape index (κ2) is 6.71. The predicted octanol–water partition coefficient (Wildman–Crippen LogP) is 1.27. The number of benzene rings is 2. The van der Waals surface area contributed by atoms with Gasteiger partial charge in [-0.3, -0.25) is 0 Å². The molecule has 0 unspecified atom stereocenters. The van der Waals surface area contributed by atoms with Gasteiger partial charge in [0.2, 0.25) is 10.0 Å². The zero-order valence-corrected chi connectivity index (χ0v) is 14.3. The van der Waals surface area contributed by atoms with Crippen LogP contribution in [0.3, 0.4) is 0 Å². The third kappa shape index (κ3) is 4.40. The second-order valence-electron chi connectivity index (χ2n) is 5.07. The van der Waals surface area contributed by atoms with Gasteiger partial charge in [0, 0.05) is 12.8 Å². The molecule has 9 heteroatoms. The van der Waals surface area contributed by atoms with Gasteiger partial charge in [0.05, 0.1) is 15.4 Å². The van der Waals surface area contributed by atoms with Crippen LogP contribution in [0, 0.1) is 0 Å². The van der Waals surface area contributed by atoms with Crippen molar-refractivity contribution in [1.29, 1.82) is 0 Å². The van der Waals surface area contributed by atoms with Gasteiger partial charge in [0.15, 0.2) is 9.84 Å². The molecule has 0 aliphatic rings. The Balaban J connectivity index is 2.12. The van der Waals surface area contributed by atoms with Crippen LogP contribution in [0.5, 0.6) is 0 Å². The van der Waals surface area contributed by atoms with E-state index in [1.54, 1.807) is 0 Å². The van der Waals surface area contributed by atoms with Crippen LogP contribution < -0.4 is 4.72 Å². The number of carboxylic acids is 1. The van der Waals surface area contributed by atoms with Gasteiger partial charge in [-0.15, -0.1) is 0 Å². The molecule has 0 amide bonds. The van der Waals surface area contributed by atoms with Crippen molar-refractivity contribution in [3.8, 4) is 0 Å². The van der Waals surface area contributed by atoms with E-state index in [-0.39, 0.29) is 21.9 Å². The molecule has 0 atom stereocenters. The molecule has 0 radical (unpaired) electrons. The molecule has 7 nitrogen and oxygen atoms in total. The van der Waals surface area contributed by atoms with Crippen LogP contribution in [0.25, 0.3) is 0 Å². The number of carbonyl (C=O) groups is 1. The minimum absolute atomic E-state index is 0.0178. The lowest BCUT2D eigenvalue weighted by Crippen LogP contribution is -2.23. The van der Waals surface area contributed by atoms with E-state index >= 15 is 0 Å². The lowest BCUT2D eigenvalue weighted by atomic mass is 10.1. The quantitative estimate of drug-likeness (QED) is 0.792. The maximum Gasteiger partial charge on any atom is 0.335 e. The van der Waals surface area contributed by atoms with Crippen LogP contribution in [0.1, 0.15) is 15.9 Å². The number of rotatable bonds is 6. The van der Waals surface area contributed by atoms with E-state index in [9.17, 15) is 21.6 Å². The van der Waals surface area contributed by atoms with Crippen molar-refractivity contribution >= 4 is 25.8 Å². The van der Waals surface area contributed by atoms with Crippen molar-refractivity contribution in [3.63, 3.8) is 0 Å². The summed E-state index contributed by atoms with van der Waals surface area (Å²) in [6, 6.07) is 10.7. The minimum Gasteiger partial charge on any atom is -0.478 e. The van der Waals surface area contributed by atoms with Crippen molar-refractivity contribution < 1.29 is 26.7 Å². The van der Waals surface area contributed by atoms with Crippen LogP contribution in [-0.4, -0.2) is 34.2 Å². The van der Waals surface area contributed by atoms with Gasteiger partial charge in [-0.25, -0.2) is 26.4 Å². The highest BCUT2D eigenvalue weighted by Gasteiger charge is 2.15. The Labute approximate surface area is 139 Å². The highest BCUT2D eigenvalue weighted by atomic mass is 32.2. The number of hydrogen-bond acceptors (Lipinski definition) is 5. The van der Waals surface area contributed by atoms with E-state index in [1.165, 1.54) is 48.5 Å². The zero-order chi connectivity index (χ0) is 18.0. The average Bonchev–Trinajstić information content (AvgIpc) is 2.53. The normalized spacial score (nSPS) is 12.0. The molecule has 0 aromatic heterocycles. The first-order valence-corrected chi connectivity index (χ1v) is 10.1. The summed E-state index contributed by atoms with van der Waals surface area (Å²) in [5.74, 6) is -1.06. The van der Waals surface area contributed by atoms with E-state index in [1.807, 2.05) is 0 Å². The van der Waals surface area contributed by atoms with Gasteiger partial charge in [0.25, 0.3) is 0 Å². The number of carboxylic acid groups (broad SMARTS) is 1. The molecule has 2 N–H and O–H groups in total. The number of hydrogen-bond donors (Lipinski definition) is 2. The molecule has 24 heavy (non-hydrogen) atoms. The van der Waals surface area contributed by atoms with Gasteiger partial charge in [-0.2, -0.15) is 0 Å². The summed E-state index contributed by atoms with van der Waals surface area (Å²) in [6.07, 6.45) is 1.04. The standard InChI is InChI=1S/C15H15NO6S2/c1-23(19,20)13-6-8-14(9-7-13)24(21,22)16-10-11-2-4-12(5-3-11)15(17)18/h2-9,16H,10H2,1H3,(H,17,18). The number of nitrogens with one attached hydrogen (secondary N) is 1. The highest BCUT2D eigenvalue weighted by Crippen LogP contribution is 2.15. The Morgan fingerprint density at radius 2 is 1.42 bits per heavy atom. The first-order chi connectivity index (χ1) is 11.1. The summed E-state index contributed by atoms with van der Waals surface area (Å²) < 4.78 is 49.5. The van der Waals surface area contributed by atoms with E-state index < -0.39 is 25.8 Å². The van der Waals surface area contributed by atoms with Gasteiger partial charge >= 0.3 is 5.97 Å². The lowest BCUT2D eigenvalue weighted by molar-refractivity contribution is 0.0697. The molecular formula is C15H15NO6S2. The van der Waals surface area contributed by atoms with E-state index in [0.717, 1.165) is 6.26 Å². The van der Waals surface area contributed by atoms with Gasteiger partial charge < -0.3 is 5.11 Å². The minimum atomic E-state index is -3.81. The number of aromatic carboxylic acids is 1. The van der Waals surface area contributed by atoms with Crippen molar-refractivity contribution in [2.45, 2.75) is 16.3 Å². The maximum absolute atomic E-state index is 12.2. The summed E-state index contributed by atoms with van der Waals surface area (Å²) >= 11 is 0. The third-order valence-corrected chi connectivity index (χ3v) is 5.78. The molecule has 2 aromatic rings. The van der Waals surface area contributed by atoms with Crippen LogP contribution in [0.15, 0.2) is 58.3 Å². The Morgan fingerprint density at radius 3 is 1.88 bits per heavy atom. The maximum atomic E-state index is 12.2. The van der Waals surface area contributed by atoms with Gasteiger partial charge in [-0.05, 0) is 42.0 Å². The largest absolute Gasteiger partial charge is 0.478 e. The highest BCUT2D eigenvalue weighted by molar-refractivity contribution is 7.90. The summed E-state index contributed by atoms with van der Waals surface area (Å²) in [4.78, 5) is 10.7. The molecule has 2 aromatic carbocycles. The van der Waals surface area contributed by atoms with Crippen LogP contribution in [0.4, 0.5) is 0 Å². The monoisotopic (exact) mass is 369 g/mol. The van der Waals surface area contributed by atoms with Crippen molar-refractivity contribution in [1.82, 2.24) is 4.72 Å². The SMILES string of the molecule is CS(=O)(=O)c1ccc(S(=O)(=O)NCc2ccc(C(=O)O)cc2)cc1. The van der Waals surface area contributed by atoms with Crippen LogP contribution in [0.2, 0.25) is 0 Å². The van der Waals surface area contributed by atoms with Gasteiger partial charge in [-0.1, -0.05) is 12.1 Å².